The van der Waals surface area contributed by atoms with E-state index in [9.17, 15) is 14.3 Å². The summed E-state index contributed by atoms with van der Waals surface area (Å²) in [6.07, 6.45) is 4.40. The fourth-order valence-corrected chi connectivity index (χ4v) is 1.46. The molecule has 2 aromatic rings. The Morgan fingerprint density at radius 2 is 2.28 bits per heavy atom. The van der Waals surface area contributed by atoms with Gasteiger partial charge in [-0.3, -0.25) is 4.98 Å². The highest BCUT2D eigenvalue weighted by atomic mass is 19.1. The van der Waals surface area contributed by atoms with E-state index in [2.05, 4.69) is 10.1 Å². The minimum Gasteiger partial charge on any atom is -0.550 e. The molecule has 0 aliphatic heterocycles. The van der Waals surface area contributed by atoms with E-state index in [0.29, 0.717) is 5.56 Å². The van der Waals surface area contributed by atoms with Gasteiger partial charge in [0.05, 0.1) is 0 Å². The fourth-order valence-electron chi connectivity index (χ4n) is 1.46. The zero-order valence-electron chi connectivity index (χ0n) is 9.41. The molecule has 92 valence electrons. The summed E-state index contributed by atoms with van der Waals surface area (Å²) in [5.41, 5.74) is 0.759. The van der Waals surface area contributed by atoms with Gasteiger partial charge in [0.25, 0.3) is 0 Å². The highest BCUT2D eigenvalue weighted by Crippen LogP contribution is 2.17. The number of halogens is 1. The van der Waals surface area contributed by atoms with Crippen LogP contribution in [0.2, 0.25) is 0 Å². The number of hydrogen-bond acceptors (Lipinski definition) is 4. The van der Waals surface area contributed by atoms with E-state index in [1.807, 2.05) is 0 Å². The minimum atomic E-state index is -1.14. The van der Waals surface area contributed by atoms with Crippen molar-refractivity contribution in [2.24, 2.45) is 0 Å². The smallest absolute Gasteiger partial charge is 0.197 e. The van der Waals surface area contributed by atoms with Crippen LogP contribution in [0.1, 0.15) is 6.42 Å². The van der Waals surface area contributed by atoms with Gasteiger partial charge < -0.3 is 9.90 Å². The predicted molar refractivity (Wildman–Crippen MR) is 57.2 cm³/mol. The van der Waals surface area contributed by atoms with E-state index in [1.165, 1.54) is 29.2 Å². The molecular weight excluding hydrogens is 237 g/mol. The number of carbonyl (C=O) groups is 1. The van der Waals surface area contributed by atoms with Crippen LogP contribution in [-0.4, -0.2) is 16.1 Å². The third-order valence-corrected chi connectivity index (χ3v) is 2.35. The van der Waals surface area contributed by atoms with E-state index < -0.39 is 11.8 Å². The maximum atomic E-state index is 13.4. The van der Waals surface area contributed by atoms with Gasteiger partial charge in [-0.2, -0.15) is 0 Å². The summed E-state index contributed by atoms with van der Waals surface area (Å²) in [6.45, 7) is 0.216. The summed E-state index contributed by atoms with van der Waals surface area (Å²) in [4.78, 5) is 14.2. The van der Waals surface area contributed by atoms with Crippen LogP contribution in [-0.2, 0) is 11.3 Å². The van der Waals surface area contributed by atoms with Crippen LogP contribution in [0, 0.1) is 5.82 Å². The van der Waals surface area contributed by atoms with Gasteiger partial charge in [0.1, 0.15) is 17.7 Å². The minimum absolute atomic E-state index is 0.116. The maximum absolute atomic E-state index is 13.4. The third-order valence-electron chi connectivity index (χ3n) is 2.35. The zero-order valence-corrected chi connectivity index (χ0v) is 9.41. The van der Waals surface area contributed by atoms with Crippen molar-refractivity contribution in [3.63, 3.8) is 0 Å². The molecular formula is C12H10FN3O2. The SMILES string of the molecule is O=C([O-])CC[n+]1ccc(-c2ncccc2F)cn1. The summed E-state index contributed by atoms with van der Waals surface area (Å²) in [7, 11) is 0. The lowest BCUT2D eigenvalue weighted by Crippen LogP contribution is -2.40. The molecule has 0 saturated heterocycles. The largest absolute Gasteiger partial charge is 0.550 e. The number of aromatic nitrogens is 3. The first kappa shape index (κ1) is 12.1. The Bertz CT molecular complexity index is 558. The molecule has 2 aromatic heterocycles. The van der Waals surface area contributed by atoms with Crippen LogP contribution in [0.15, 0.2) is 36.8 Å². The second-order valence-electron chi connectivity index (χ2n) is 3.63. The number of aliphatic carboxylic acids is 1. The summed E-state index contributed by atoms with van der Waals surface area (Å²) in [6, 6.07) is 4.46. The Morgan fingerprint density at radius 3 is 2.89 bits per heavy atom. The molecule has 0 aliphatic rings. The number of carbonyl (C=O) groups excluding carboxylic acids is 1. The van der Waals surface area contributed by atoms with E-state index in [-0.39, 0.29) is 18.7 Å². The van der Waals surface area contributed by atoms with Crippen molar-refractivity contribution in [1.29, 1.82) is 0 Å². The Hall–Kier alpha value is -2.37. The van der Waals surface area contributed by atoms with Gasteiger partial charge in [-0.15, -0.1) is 0 Å². The molecule has 0 spiro atoms. The number of aryl methyl sites for hydroxylation is 1. The summed E-state index contributed by atoms with van der Waals surface area (Å²) >= 11 is 0. The number of nitrogens with zero attached hydrogens (tertiary/aromatic N) is 3. The fraction of sp³-hybridized carbons (Fsp3) is 0.167. The van der Waals surface area contributed by atoms with Crippen molar-refractivity contribution in [2.75, 3.05) is 0 Å². The van der Waals surface area contributed by atoms with E-state index in [4.69, 9.17) is 0 Å². The van der Waals surface area contributed by atoms with Crippen LogP contribution in [0.3, 0.4) is 0 Å². The quantitative estimate of drug-likeness (QED) is 0.696. The molecule has 0 saturated carbocycles. The molecule has 0 bridgehead atoms. The Balaban J connectivity index is 2.17. The highest BCUT2D eigenvalue weighted by molar-refractivity contribution is 5.63. The van der Waals surface area contributed by atoms with Crippen LogP contribution in [0.5, 0.6) is 0 Å². The predicted octanol–water partition coefficient (Wildman–Crippen LogP) is -0.290. The Labute approximate surface area is 103 Å². The zero-order chi connectivity index (χ0) is 13.0. The van der Waals surface area contributed by atoms with Gasteiger partial charge in [0.15, 0.2) is 12.7 Å². The third kappa shape index (κ3) is 2.85. The normalized spacial score (nSPS) is 10.3. The molecule has 0 unspecified atom stereocenters. The Kier molecular flexibility index (Phi) is 3.57. The lowest BCUT2D eigenvalue weighted by Gasteiger charge is -2.00. The molecule has 0 amide bonds. The van der Waals surface area contributed by atoms with Gasteiger partial charge >= 0.3 is 0 Å². The second kappa shape index (κ2) is 5.31. The van der Waals surface area contributed by atoms with Crippen LogP contribution < -0.4 is 9.79 Å². The summed E-state index contributed by atoms with van der Waals surface area (Å²) < 4.78 is 14.9. The van der Waals surface area contributed by atoms with Crippen LogP contribution >= 0.6 is 0 Å². The summed E-state index contributed by atoms with van der Waals surface area (Å²) in [5, 5.41) is 14.3. The van der Waals surface area contributed by atoms with Crippen molar-refractivity contribution in [3.05, 3.63) is 42.6 Å². The van der Waals surface area contributed by atoms with Gasteiger partial charge in [-0.05, 0) is 17.2 Å². The van der Waals surface area contributed by atoms with Gasteiger partial charge in [0.2, 0.25) is 0 Å². The molecule has 0 aromatic carbocycles. The van der Waals surface area contributed by atoms with Crippen molar-refractivity contribution < 1.29 is 19.0 Å². The standard InChI is InChI=1S/C12H10FN3O2/c13-10-2-1-5-14-12(10)9-3-6-16(15-8-9)7-4-11(17)18/h1-3,5-6,8H,4,7H2. The van der Waals surface area contributed by atoms with Gasteiger partial charge in [-0.1, -0.05) is 4.68 Å². The first-order valence-electron chi connectivity index (χ1n) is 5.33. The van der Waals surface area contributed by atoms with Gasteiger partial charge in [0, 0.05) is 30.2 Å². The van der Waals surface area contributed by atoms with Crippen LogP contribution in [0.4, 0.5) is 4.39 Å². The average Bonchev–Trinajstić information content (AvgIpc) is 2.38. The average molecular weight is 247 g/mol. The number of hydrogen-bond donors (Lipinski definition) is 0. The lowest BCUT2D eigenvalue weighted by molar-refractivity contribution is -0.753. The highest BCUT2D eigenvalue weighted by Gasteiger charge is 2.09. The molecule has 0 atom stereocenters. The molecule has 6 heteroatoms. The van der Waals surface area contributed by atoms with Gasteiger partial charge in [-0.25, -0.2) is 4.39 Å². The molecule has 0 fully saturated rings. The van der Waals surface area contributed by atoms with Crippen LogP contribution in [0.25, 0.3) is 11.3 Å². The first-order valence-corrected chi connectivity index (χ1v) is 5.33. The second-order valence-corrected chi connectivity index (χ2v) is 3.63. The Morgan fingerprint density at radius 1 is 1.44 bits per heavy atom. The number of pyridine rings is 1. The van der Waals surface area contributed by atoms with E-state index in [1.54, 1.807) is 12.3 Å². The van der Waals surface area contributed by atoms with E-state index >= 15 is 0 Å². The molecule has 0 N–H and O–H groups in total. The lowest BCUT2D eigenvalue weighted by atomic mass is 10.2. The number of carboxylic acids is 1. The monoisotopic (exact) mass is 247 g/mol. The number of rotatable bonds is 4. The summed E-state index contributed by atoms with van der Waals surface area (Å²) in [5.74, 6) is -1.56. The molecule has 5 nitrogen and oxygen atoms in total. The molecule has 0 aliphatic carbocycles. The topological polar surface area (TPSA) is 69.8 Å². The van der Waals surface area contributed by atoms with Crippen molar-refractivity contribution in [3.8, 4) is 11.3 Å². The van der Waals surface area contributed by atoms with Crippen molar-refractivity contribution >= 4 is 5.97 Å². The maximum Gasteiger partial charge on any atom is 0.197 e. The van der Waals surface area contributed by atoms with Crippen molar-refractivity contribution in [1.82, 2.24) is 10.1 Å². The molecule has 2 heterocycles. The molecule has 2 rings (SSSR count). The van der Waals surface area contributed by atoms with E-state index in [0.717, 1.165) is 0 Å². The van der Waals surface area contributed by atoms with Crippen molar-refractivity contribution in [2.45, 2.75) is 13.0 Å². The number of carboxylic acid groups (broad SMARTS) is 1. The first-order chi connectivity index (χ1) is 8.66. The molecule has 18 heavy (non-hydrogen) atoms. The molecule has 0 radical (unpaired) electrons.